The lowest BCUT2D eigenvalue weighted by Gasteiger charge is -2.43. The monoisotopic (exact) mass is 548 g/mol. The number of nitriles is 2. The van der Waals surface area contributed by atoms with Crippen molar-refractivity contribution >= 4 is 11.9 Å². The minimum atomic E-state index is -1.04. The van der Waals surface area contributed by atoms with E-state index in [4.69, 9.17) is 18.9 Å². The Bertz CT molecular complexity index is 1100. The summed E-state index contributed by atoms with van der Waals surface area (Å²) in [4.78, 5) is 29.8. The van der Waals surface area contributed by atoms with Crippen molar-refractivity contribution in [1.29, 1.82) is 10.5 Å². The van der Waals surface area contributed by atoms with E-state index in [1.54, 1.807) is 52.3 Å². The van der Waals surface area contributed by atoms with Crippen molar-refractivity contribution in [3.05, 3.63) is 59.7 Å². The highest BCUT2D eigenvalue weighted by Crippen LogP contribution is 2.36. The zero-order valence-corrected chi connectivity index (χ0v) is 23.4. The lowest BCUT2D eigenvalue weighted by Crippen LogP contribution is -2.52. The van der Waals surface area contributed by atoms with Crippen LogP contribution in [0.4, 0.5) is 0 Å². The Kier molecular flexibility index (Phi) is 11.3. The molecule has 0 unspecified atom stereocenters. The molecule has 1 fully saturated rings. The van der Waals surface area contributed by atoms with Gasteiger partial charge in [0.2, 0.25) is 0 Å². The van der Waals surface area contributed by atoms with Gasteiger partial charge in [0, 0.05) is 26.2 Å². The average Bonchev–Trinajstić information content (AvgIpc) is 2.99. The second-order valence-electron chi connectivity index (χ2n) is 9.23. The van der Waals surface area contributed by atoms with E-state index in [2.05, 4.69) is 21.9 Å². The van der Waals surface area contributed by atoms with E-state index in [1.807, 2.05) is 24.3 Å². The Hall–Kier alpha value is -4.12. The first-order valence-electron chi connectivity index (χ1n) is 13.3. The number of methoxy groups -OCH3 is 2. The van der Waals surface area contributed by atoms with Gasteiger partial charge in [0.1, 0.15) is 11.5 Å². The summed E-state index contributed by atoms with van der Waals surface area (Å²) >= 11 is 0. The summed E-state index contributed by atoms with van der Waals surface area (Å²) < 4.78 is 21.1. The highest BCUT2D eigenvalue weighted by atomic mass is 16.5. The first-order valence-corrected chi connectivity index (χ1v) is 13.3. The van der Waals surface area contributed by atoms with E-state index < -0.39 is 35.9 Å². The van der Waals surface area contributed by atoms with Gasteiger partial charge in [0.25, 0.3) is 0 Å². The van der Waals surface area contributed by atoms with Gasteiger partial charge in [-0.2, -0.15) is 10.5 Å². The van der Waals surface area contributed by atoms with Crippen LogP contribution in [0.25, 0.3) is 0 Å². The molecule has 2 aromatic rings. The summed E-state index contributed by atoms with van der Waals surface area (Å²) in [5, 5.41) is 20.0. The van der Waals surface area contributed by atoms with Crippen LogP contribution in [0, 0.1) is 34.5 Å². The first-order chi connectivity index (χ1) is 19.4. The summed E-state index contributed by atoms with van der Waals surface area (Å²) in [5.41, 5.74) is 1.59. The Morgan fingerprint density at radius 3 is 1.27 bits per heavy atom. The highest BCUT2D eigenvalue weighted by molar-refractivity contribution is 5.77. The van der Waals surface area contributed by atoms with Crippen molar-refractivity contribution in [2.75, 3.05) is 53.6 Å². The maximum Gasteiger partial charge on any atom is 0.325 e. The van der Waals surface area contributed by atoms with Crippen LogP contribution < -0.4 is 9.47 Å². The normalized spacial score (nSPS) is 16.9. The fourth-order valence-electron chi connectivity index (χ4n) is 5.09. The largest absolute Gasteiger partial charge is 0.497 e. The first kappa shape index (κ1) is 30.4. The van der Waals surface area contributed by atoms with Gasteiger partial charge >= 0.3 is 11.9 Å². The van der Waals surface area contributed by atoms with Crippen LogP contribution in [-0.4, -0.2) is 75.4 Å². The van der Waals surface area contributed by atoms with Crippen molar-refractivity contribution in [1.82, 2.24) is 9.80 Å². The molecule has 1 aliphatic heterocycles. The van der Waals surface area contributed by atoms with E-state index in [9.17, 15) is 20.1 Å². The fraction of sp³-hybridized carbons (Fsp3) is 0.467. The summed E-state index contributed by atoms with van der Waals surface area (Å²) in [5.74, 6) is -1.89. The van der Waals surface area contributed by atoms with Gasteiger partial charge in [-0.15, -0.1) is 0 Å². The van der Waals surface area contributed by atoms with Gasteiger partial charge < -0.3 is 18.9 Å². The van der Waals surface area contributed by atoms with Crippen LogP contribution in [0.1, 0.15) is 37.1 Å². The number of nitrogens with zero attached hydrogens (tertiary/aromatic N) is 4. The maximum absolute atomic E-state index is 12.8. The number of piperazine rings is 1. The lowest BCUT2D eigenvalue weighted by atomic mass is 9.90. The van der Waals surface area contributed by atoms with E-state index >= 15 is 0 Å². The highest BCUT2D eigenvalue weighted by Gasteiger charge is 2.41. The molecule has 0 radical (unpaired) electrons. The minimum absolute atomic E-state index is 0.174. The van der Waals surface area contributed by atoms with Gasteiger partial charge in [0.15, 0.2) is 11.8 Å². The number of hydrogen-bond acceptors (Lipinski definition) is 10. The predicted octanol–water partition coefficient (Wildman–Crippen LogP) is 3.51. The molecule has 1 heterocycles. The molecular formula is C30H36N4O6. The molecule has 0 spiro atoms. The van der Waals surface area contributed by atoms with Crippen LogP contribution >= 0.6 is 0 Å². The fourth-order valence-corrected chi connectivity index (χ4v) is 5.09. The molecule has 1 saturated heterocycles. The van der Waals surface area contributed by atoms with E-state index in [1.165, 1.54) is 0 Å². The number of esters is 2. The molecule has 4 atom stereocenters. The number of benzene rings is 2. The molecule has 0 amide bonds. The van der Waals surface area contributed by atoms with Crippen molar-refractivity contribution in [3.8, 4) is 23.6 Å². The second-order valence-corrected chi connectivity index (χ2v) is 9.23. The Balaban J connectivity index is 1.92. The zero-order valence-electron chi connectivity index (χ0n) is 23.4. The number of hydrogen-bond donors (Lipinski definition) is 0. The van der Waals surface area contributed by atoms with Crippen molar-refractivity contribution in [2.24, 2.45) is 11.8 Å². The van der Waals surface area contributed by atoms with Crippen LogP contribution in [0.3, 0.4) is 0 Å². The lowest BCUT2D eigenvalue weighted by molar-refractivity contribution is -0.150. The minimum Gasteiger partial charge on any atom is -0.497 e. The molecule has 0 bridgehead atoms. The number of rotatable bonds is 12. The van der Waals surface area contributed by atoms with Gasteiger partial charge in [-0.25, -0.2) is 0 Å². The number of carbonyl (C=O) groups is 2. The van der Waals surface area contributed by atoms with E-state index in [-0.39, 0.29) is 13.2 Å². The molecule has 0 saturated carbocycles. The van der Waals surface area contributed by atoms with Gasteiger partial charge in [-0.3, -0.25) is 19.4 Å². The van der Waals surface area contributed by atoms with Crippen LogP contribution in [-0.2, 0) is 19.1 Å². The molecule has 40 heavy (non-hydrogen) atoms. The summed E-state index contributed by atoms with van der Waals surface area (Å²) in [7, 11) is 3.15. The number of ether oxygens (including phenoxy) is 4. The molecular weight excluding hydrogens is 512 g/mol. The predicted molar refractivity (Wildman–Crippen MR) is 146 cm³/mol. The molecule has 212 valence electrons. The third-order valence-corrected chi connectivity index (χ3v) is 7.04. The molecule has 0 aliphatic carbocycles. The van der Waals surface area contributed by atoms with Crippen LogP contribution in [0.2, 0.25) is 0 Å². The van der Waals surface area contributed by atoms with Gasteiger partial charge in [-0.05, 0) is 49.2 Å². The van der Waals surface area contributed by atoms with Crippen molar-refractivity contribution in [3.63, 3.8) is 0 Å². The molecule has 3 rings (SSSR count). The SMILES string of the molecule is CCOC(=O)[C@H](C#N)[C@@H](c1ccc(OC)cc1)N1CCN([C@@H](c2ccc(OC)cc2)[C@@H](C#N)C(=O)OCC)CC1. The zero-order chi connectivity index (χ0) is 29.1. The average molecular weight is 549 g/mol. The molecule has 0 N–H and O–H groups in total. The van der Waals surface area contributed by atoms with Gasteiger partial charge in [-0.1, -0.05) is 24.3 Å². The summed E-state index contributed by atoms with van der Waals surface area (Å²) in [6.45, 7) is 5.72. The molecule has 0 aromatic heterocycles. The number of carbonyl (C=O) groups excluding carboxylic acids is 2. The summed E-state index contributed by atoms with van der Waals surface area (Å²) in [6, 6.07) is 17.8. The Morgan fingerprint density at radius 1 is 0.700 bits per heavy atom. The van der Waals surface area contributed by atoms with Crippen LogP contribution in [0.5, 0.6) is 11.5 Å². The molecule has 10 nitrogen and oxygen atoms in total. The van der Waals surface area contributed by atoms with E-state index in [0.29, 0.717) is 37.7 Å². The molecule has 1 aliphatic rings. The standard InChI is InChI=1S/C30H36N4O6/c1-5-39-29(35)25(19-31)27(21-7-11-23(37-3)12-8-21)33-15-17-34(18-16-33)28(26(20-32)30(36)40-6-2)22-9-13-24(38-4)14-10-22/h7-14,25-28H,5-6,15-18H2,1-4H3/t25-,26-,27-,28+/m1/s1. The van der Waals surface area contributed by atoms with Crippen molar-refractivity contribution in [2.45, 2.75) is 25.9 Å². The molecule has 2 aromatic carbocycles. The summed E-state index contributed by atoms with van der Waals surface area (Å²) in [6.07, 6.45) is 0. The quantitative estimate of drug-likeness (QED) is 0.364. The smallest absolute Gasteiger partial charge is 0.325 e. The topological polar surface area (TPSA) is 125 Å². The van der Waals surface area contributed by atoms with Gasteiger partial charge in [0.05, 0.1) is 51.7 Å². The maximum atomic E-state index is 12.8. The van der Waals surface area contributed by atoms with Crippen LogP contribution in [0.15, 0.2) is 48.5 Å². The Labute approximate surface area is 235 Å². The Morgan fingerprint density at radius 2 is 1.02 bits per heavy atom. The van der Waals surface area contributed by atoms with Crippen molar-refractivity contribution < 1.29 is 28.5 Å². The van der Waals surface area contributed by atoms with E-state index in [0.717, 1.165) is 11.1 Å². The third kappa shape index (κ3) is 7.09. The molecule has 10 heteroatoms. The second kappa shape index (κ2) is 14.9. The third-order valence-electron chi connectivity index (χ3n) is 7.04.